The molecule has 3 amide bonds. The molecule has 0 aliphatic carbocycles. The second-order valence-electron chi connectivity index (χ2n) is 6.00. The van der Waals surface area contributed by atoms with Crippen molar-refractivity contribution in [3.8, 4) is 0 Å². The summed E-state index contributed by atoms with van der Waals surface area (Å²) in [7, 11) is 1.45. The van der Waals surface area contributed by atoms with E-state index < -0.39 is 0 Å². The van der Waals surface area contributed by atoms with Gasteiger partial charge < -0.3 is 10.6 Å². The van der Waals surface area contributed by atoms with Gasteiger partial charge in [-0.2, -0.15) is 0 Å². The number of piperazine rings is 1. The first-order valence-corrected chi connectivity index (χ1v) is 7.68. The average Bonchev–Trinajstić information content (AvgIpc) is 2.74. The number of carbonyl (C=O) groups excluding carboxylic acids is 3. The van der Waals surface area contributed by atoms with Crippen molar-refractivity contribution < 1.29 is 14.4 Å². The van der Waals surface area contributed by atoms with Crippen LogP contribution < -0.4 is 10.6 Å². The standard InChI is InChI=1S/C16H20N4O3/c1-10-8-17-5-6-20(10)9-14(21)18-11-3-4-12-13(7-11)16(23)19(2)15(12)22/h3-4,7,10,17H,5-6,8-9H2,1-2H3,(H,18,21)/t10-/m0/s1. The highest BCUT2D eigenvalue weighted by Gasteiger charge is 2.32. The van der Waals surface area contributed by atoms with Crippen LogP contribution in [-0.2, 0) is 4.79 Å². The van der Waals surface area contributed by atoms with Gasteiger partial charge in [0.25, 0.3) is 11.8 Å². The molecule has 0 saturated carbocycles. The van der Waals surface area contributed by atoms with Crippen LogP contribution in [0.3, 0.4) is 0 Å². The normalized spacial score (nSPS) is 21.5. The van der Waals surface area contributed by atoms with Gasteiger partial charge in [-0.3, -0.25) is 24.2 Å². The molecule has 2 heterocycles. The van der Waals surface area contributed by atoms with Crippen LogP contribution in [0.15, 0.2) is 18.2 Å². The van der Waals surface area contributed by atoms with Crippen LogP contribution in [-0.4, -0.2) is 66.8 Å². The molecule has 1 atom stereocenters. The third-order valence-corrected chi connectivity index (χ3v) is 4.36. The minimum absolute atomic E-state index is 0.121. The molecule has 2 N–H and O–H groups in total. The number of imide groups is 1. The van der Waals surface area contributed by atoms with Crippen LogP contribution in [0.25, 0.3) is 0 Å². The van der Waals surface area contributed by atoms with Crippen molar-refractivity contribution in [2.24, 2.45) is 0 Å². The fourth-order valence-electron chi connectivity index (χ4n) is 2.94. The number of fused-ring (bicyclic) bond motifs is 1. The van der Waals surface area contributed by atoms with Crippen LogP contribution in [0.2, 0.25) is 0 Å². The fraction of sp³-hybridized carbons (Fsp3) is 0.438. The molecule has 0 bridgehead atoms. The molecular formula is C16H20N4O3. The number of benzene rings is 1. The molecule has 1 saturated heterocycles. The van der Waals surface area contributed by atoms with Gasteiger partial charge in [0.2, 0.25) is 5.91 Å². The highest BCUT2D eigenvalue weighted by Crippen LogP contribution is 2.24. The van der Waals surface area contributed by atoms with Crippen molar-refractivity contribution in [1.82, 2.24) is 15.1 Å². The Kier molecular flexibility index (Phi) is 4.14. The third kappa shape index (κ3) is 2.97. The maximum Gasteiger partial charge on any atom is 0.261 e. The molecule has 1 fully saturated rings. The van der Waals surface area contributed by atoms with Crippen molar-refractivity contribution in [2.45, 2.75) is 13.0 Å². The number of amides is 3. The molecule has 7 heteroatoms. The Balaban J connectivity index is 1.68. The number of hydrogen-bond acceptors (Lipinski definition) is 5. The molecule has 1 aromatic rings. The lowest BCUT2D eigenvalue weighted by atomic mass is 10.1. The third-order valence-electron chi connectivity index (χ3n) is 4.36. The Labute approximate surface area is 134 Å². The Morgan fingerprint density at radius 3 is 2.78 bits per heavy atom. The molecule has 0 spiro atoms. The predicted octanol–water partition coefficient (Wildman–Crippen LogP) is 0.145. The fourth-order valence-corrected chi connectivity index (χ4v) is 2.94. The molecule has 23 heavy (non-hydrogen) atoms. The number of carbonyl (C=O) groups is 3. The van der Waals surface area contributed by atoms with E-state index >= 15 is 0 Å². The summed E-state index contributed by atoms with van der Waals surface area (Å²) in [6.07, 6.45) is 0. The van der Waals surface area contributed by atoms with Crippen LogP contribution >= 0.6 is 0 Å². The first-order valence-electron chi connectivity index (χ1n) is 7.68. The summed E-state index contributed by atoms with van der Waals surface area (Å²) in [4.78, 5) is 39.2. The Bertz CT molecular complexity index is 673. The molecule has 7 nitrogen and oxygen atoms in total. The van der Waals surface area contributed by atoms with E-state index in [9.17, 15) is 14.4 Å². The summed E-state index contributed by atoms with van der Waals surface area (Å²) in [5, 5.41) is 6.09. The minimum atomic E-state index is -0.336. The SMILES string of the molecule is C[C@H]1CNCCN1CC(=O)Nc1ccc2c(c1)C(=O)N(C)C2=O. The van der Waals surface area contributed by atoms with Gasteiger partial charge in [-0.25, -0.2) is 0 Å². The molecule has 2 aliphatic rings. The Morgan fingerprint density at radius 1 is 1.30 bits per heavy atom. The van der Waals surface area contributed by atoms with E-state index in [1.54, 1.807) is 18.2 Å². The van der Waals surface area contributed by atoms with Gasteiger partial charge in [-0.15, -0.1) is 0 Å². The van der Waals surface area contributed by atoms with E-state index in [0.717, 1.165) is 24.5 Å². The van der Waals surface area contributed by atoms with Crippen molar-refractivity contribution in [3.63, 3.8) is 0 Å². The highest BCUT2D eigenvalue weighted by molar-refractivity contribution is 6.21. The largest absolute Gasteiger partial charge is 0.325 e. The van der Waals surface area contributed by atoms with Crippen molar-refractivity contribution in [3.05, 3.63) is 29.3 Å². The average molecular weight is 316 g/mol. The number of hydrogen-bond donors (Lipinski definition) is 2. The van der Waals surface area contributed by atoms with Crippen LogP contribution in [0.5, 0.6) is 0 Å². The van der Waals surface area contributed by atoms with Crippen molar-refractivity contribution in [1.29, 1.82) is 0 Å². The van der Waals surface area contributed by atoms with E-state index in [2.05, 4.69) is 22.5 Å². The molecule has 122 valence electrons. The summed E-state index contributed by atoms with van der Waals surface area (Å²) in [6, 6.07) is 5.12. The second kappa shape index (κ2) is 6.10. The topological polar surface area (TPSA) is 81.8 Å². The second-order valence-corrected chi connectivity index (χ2v) is 6.00. The summed E-state index contributed by atoms with van der Waals surface area (Å²) in [6.45, 7) is 4.96. The molecule has 2 aliphatic heterocycles. The van der Waals surface area contributed by atoms with Gasteiger partial charge in [0.15, 0.2) is 0 Å². The smallest absolute Gasteiger partial charge is 0.261 e. The van der Waals surface area contributed by atoms with Gasteiger partial charge in [-0.05, 0) is 25.1 Å². The Morgan fingerprint density at radius 2 is 2.04 bits per heavy atom. The molecule has 0 aromatic heterocycles. The lowest BCUT2D eigenvalue weighted by Crippen LogP contribution is -2.51. The van der Waals surface area contributed by atoms with Gasteiger partial charge in [0, 0.05) is 38.4 Å². The monoisotopic (exact) mass is 316 g/mol. The van der Waals surface area contributed by atoms with Crippen molar-refractivity contribution >= 4 is 23.4 Å². The van der Waals surface area contributed by atoms with E-state index in [1.165, 1.54) is 7.05 Å². The molecule has 0 radical (unpaired) electrons. The zero-order valence-electron chi connectivity index (χ0n) is 13.3. The van der Waals surface area contributed by atoms with Crippen LogP contribution in [0.1, 0.15) is 27.6 Å². The molecular weight excluding hydrogens is 296 g/mol. The van der Waals surface area contributed by atoms with Gasteiger partial charge in [0.05, 0.1) is 17.7 Å². The maximum atomic E-state index is 12.2. The van der Waals surface area contributed by atoms with E-state index in [1.807, 2.05) is 0 Å². The van der Waals surface area contributed by atoms with E-state index in [4.69, 9.17) is 0 Å². The van der Waals surface area contributed by atoms with Crippen molar-refractivity contribution in [2.75, 3.05) is 38.5 Å². The van der Waals surface area contributed by atoms with Crippen LogP contribution in [0.4, 0.5) is 5.69 Å². The Hall–Kier alpha value is -2.25. The zero-order valence-corrected chi connectivity index (χ0v) is 13.3. The number of rotatable bonds is 3. The minimum Gasteiger partial charge on any atom is -0.325 e. The highest BCUT2D eigenvalue weighted by atomic mass is 16.2. The summed E-state index contributed by atoms with van der Waals surface area (Å²) < 4.78 is 0. The lowest BCUT2D eigenvalue weighted by molar-refractivity contribution is -0.118. The summed E-state index contributed by atoms with van der Waals surface area (Å²) >= 11 is 0. The zero-order chi connectivity index (χ0) is 16.6. The van der Waals surface area contributed by atoms with Gasteiger partial charge in [-0.1, -0.05) is 0 Å². The van der Waals surface area contributed by atoms with E-state index in [0.29, 0.717) is 29.4 Å². The number of nitrogens with one attached hydrogen (secondary N) is 2. The van der Waals surface area contributed by atoms with Gasteiger partial charge in [0.1, 0.15) is 0 Å². The first-order chi connectivity index (χ1) is 11.0. The molecule has 1 aromatic carbocycles. The summed E-state index contributed by atoms with van der Waals surface area (Å²) in [5.41, 5.74) is 1.25. The maximum absolute atomic E-state index is 12.2. The molecule has 0 unspecified atom stereocenters. The quantitative estimate of drug-likeness (QED) is 0.776. The van der Waals surface area contributed by atoms with Gasteiger partial charge >= 0.3 is 0 Å². The van der Waals surface area contributed by atoms with E-state index in [-0.39, 0.29) is 17.7 Å². The predicted molar refractivity (Wildman–Crippen MR) is 85.4 cm³/mol. The lowest BCUT2D eigenvalue weighted by Gasteiger charge is -2.33. The van der Waals surface area contributed by atoms with Crippen LogP contribution in [0, 0.1) is 0 Å². The number of anilines is 1. The molecule has 3 rings (SSSR count). The first kappa shape index (κ1) is 15.6. The number of nitrogens with zero attached hydrogens (tertiary/aromatic N) is 2. The summed E-state index contributed by atoms with van der Waals surface area (Å²) in [5.74, 6) is -0.766.